The lowest BCUT2D eigenvalue weighted by atomic mass is 9.86. The van der Waals surface area contributed by atoms with Gasteiger partial charge >= 0.3 is 0 Å². The van der Waals surface area contributed by atoms with Crippen molar-refractivity contribution < 1.29 is 9.72 Å². The van der Waals surface area contributed by atoms with Crippen molar-refractivity contribution in [3.05, 3.63) is 33.9 Å². The molecule has 1 aromatic rings. The van der Waals surface area contributed by atoms with Crippen molar-refractivity contribution in [1.82, 2.24) is 0 Å². The first-order valence-corrected chi connectivity index (χ1v) is 7.97. The maximum Gasteiger partial charge on any atom is 0.272 e. The number of nitro groups is 1. The fraction of sp³-hybridized carbons (Fsp3) is 0.588. The minimum Gasteiger partial charge on any atom is -0.315 e. The third-order valence-corrected chi connectivity index (χ3v) is 5.46. The average Bonchev–Trinajstić information content (AvgIpc) is 3.08. The number of aryl methyl sites for hydroxylation is 1. The minimum atomic E-state index is -0.393. The molecular weight excluding hydrogens is 280 g/mol. The van der Waals surface area contributed by atoms with Gasteiger partial charge in [0.15, 0.2) is 0 Å². The summed E-state index contributed by atoms with van der Waals surface area (Å²) in [5, 5.41) is 10.9. The van der Waals surface area contributed by atoms with E-state index in [-0.39, 0.29) is 11.6 Å². The molecule has 1 amide bonds. The molecule has 2 aliphatic carbocycles. The van der Waals surface area contributed by atoms with Gasteiger partial charge in [-0.3, -0.25) is 14.9 Å². The molecule has 5 heteroatoms. The van der Waals surface area contributed by atoms with E-state index in [1.807, 2.05) is 0 Å². The van der Waals surface area contributed by atoms with Crippen molar-refractivity contribution in [2.75, 3.05) is 11.9 Å². The predicted octanol–water partition coefficient (Wildman–Crippen LogP) is 3.69. The Balaban J connectivity index is 1.68. The summed E-state index contributed by atoms with van der Waals surface area (Å²) in [7, 11) is 1.76. The molecule has 2 saturated carbocycles. The van der Waals surface area contributed by atoms with Crippen molar-refractivity contribution >= 4 is 17.3 Å². The number of hydrogen-bond donors (Lipinski definition) is 0. The molecule has 2 bridgehead atoms. The van der Waals surface area contributed by atoms with Gasteiger partial charge < -0.3 is 4.90 Å². The van der Waals surface area contributed by atoms with Crippen LogP contribution in [0.4, 0.5) is 11.4 Å². The summed E-state index contributed by atoms with van der Waals surface area (Å²) in [5.74, 6) is 2.23. The smallest absolute Gasteiger partial charge is 0.272 e. The molecule has 2 aliphatic rings. The molecule has 118 valence electrons. The zero-order valence-electron chi connectivity index (χ0n) is 13.1. The molecular formula is C17H22N2O3. The number of nitrogens with zero attached hydrogens (tertiary/aromatic N) is 2. The molecule has 2 fully saturated rings. The van der Waals surface area contributed by atoms with Gasteiger partial charge in [0.05, 0.1) is 4.92 Å². The van der Waals surface area contributed by atoms with E-state index in [2.05, 4.69) is 0 Å². The fourth-order valence-corrected chi connectivity index (χ4v) is 4.18. The van der Waals surface area contributed by atoms with E-state index in [1.165, 1.54) is 31.7 Å². The third kappa shape index (κ3) is 2.72. The number of benzene rings is 1. The average molecular weight is 302 g/mol. The highest BCUT2D eigenvalue weighted by atomic mass is 16.6. The lowest BCUT2D eigenvalue weighted by Crippen LogP contribution is -2.29. The van der Waals surface area contributed by atoms with Crippen molar-refractivity contribution in [2.24, 2.45) is 17.8 Å². The van der Waals surface area contributed by atoms with Gasteiger partial charge in [-0.15, -0.1) is 0 Å². The van der Waals surface area contributed by atoms with Gasteiger partial charge in [0.1, 0.15) is 0 Å². The Morgan fingerprint density at radius 3 is 2.68 bits per heavy atom. The molecule has 3 atom stereocenters. The molecule has 0 spiro atoms. The van der Waals surface area contributed by atoms with Gasteiger partial charge in [0, 0.05) is 30.8 Å². The Morgan fingerprint density at radius 1 is 1.36 bits per heavy atom. The highest BCUT2D eigenvalue weighted by Crippen LogP contribution is 2.49. The Morgan fingerprint density at radius 2 is 2.14 bits per heavy atom. The highest BCUT2D eigenvalue weighted by molar-refractivity contribution is 5.93. The second-order valence-electron chi connectivity index (χ2n) is 6.82. The van der Waals surface area contributed by atoms with E-state index >= 15 is 0 Å². The van der Waals surface area contributed by atoms with E-state index in [0.29, 0.717) is 17.9 Å². The molecule has 0 aliphatic heterocycles. The predicted molar refractivity (Wildman–Crippen MR) is 84.8 cm³/mol. The van der Waals surface area contributed by atoms with E-state index in [0.717, 1.165) is 17.5 Å². The monoisotopic (exact) mass is 302 g/mol. The van der Waals surface area contributed by atoms with Gasteiger partial charge in [-0.2, -0.15) is 0 Å². The number of hydrogen-bond acceptors (Lipinski definition) is 3. The minimum absolute atomic E-state index is 0.0951. The number of carbonyl (C=O) groups is 1. The van der Waals surface area contributed by atoms with Crippen molar-refractivity contribution in [2.45, 2.75) is 39.0 Å². The second-order valence-corrected chi connectivity index (χ2v) is 6.82. The first-order valence-electron chi connectivity index (χ1n) is 7.97. The summed E-state index contributed by atoms with van der Waals surface area (Å²) < 4.78 is 0. The lowest BCUT2D eigenvalue weighted by molar-refractivity contribution is -0.385. The molecule has 22 heavy (non-hydrogen) atoms. The Kier molecular flexibility index (Phi) is 3.89. The Bertz CT molecular complexity index is 614. The number of amides is 1. The first kappa shape index (κ1) is 15.0. The normalized spacial score (nSPS) is 26.2. The zero-order valence-corrected chi connectivity index (χ0v) is 13.1. The summed E-state index contributed by atoms with van der Waals surface area (Å²) in [6.45, 7) is 1.70. The van der Waals surface area contributed by atoms with Crippen LogP contribution in [0.3, 0.4) is 0 Å². The zero-order chi connectivity index (χ0) is 15.9. The van der Waals surface area contributed by atoms with E-state index in [4.69, 9.17) is 0 Å². The molecule has 0 N–H and O–H groups in total. The summed E-state index contributed by atoms with van der Waals surface area (Å²) >= 11 is 0. The lowest BCUT2D eigenvalue weighted by Gasteiger charge is -2.24. The van der Waals surface area contributed by atoms with Gasteiger partial charge in [-0.05, 0) is 56.1 Å². The Labute approximate surface area is 130 Å². The molecule has 1 aromatic carbocycles. The van der Waals surface area contributed by atoms with Crippen LogP contribution in [0.1, 0.15) is 37.7 Å². The molecule has 0 heterocycles. The summed E-state index contributed by atoms with van der Waals surface area (Å²) in [4.78, 5) is 24.6. The Hall–Kier alpha value is -1.91. The van der Waals surface area contributed by atoms with Gasteiger partial charge in [0.25, 0.3) is 5.69 Å². The molecule has 0 unspecified atom stereocenters. The first-order chi connectivity index (χ1) is 10.5. The fourth-order valence-electron chi connectivity index (χ4n) is 4.18. The standard InChI is InChI=1S/C17H22N2O3/c1-11-7-15(5-6-16(11)19(21)22)18(2)17(20)10-14-9-12-3-4-13(14)8-12/h5-7,12-14H,3-4,8-10H2,1-2H3/t12-,13-,14+/m0/s1. The number of rotatable bonds is 4. The number of fused-ring (bicyclic) bond motifs is 2. The van der Waals surface area contributed by atoms with Crippen LogP contribution < -0.4 is 4.90 Å². The van der Waals surface area contributed by atoms with Crippen LogP contribution >= 0.6 is 0 Å². The SMILES string of the molecule is Cc1cc(N(C)C(=O)C[C@H]2C[C@H]3CC[C@H]2C3)ccc1[N+](=O)[O-]. The maximum absolute atomic E-state index is 12.5. The van der Waals surface area contributed by atoms with Crippen molar-refractivity contribution in [3.8, 4) is 0 Å². The molecule has 5 nitrogen and oxygen atoms in total. The van der Waals surface area contributed by atoms with Crippen LogP contribution in [0, 0.1) is 34.8 Å². The van der Waals surface area contributed by atoms with Crippen LogP contribution in [0.5, 0.6) is 0 Å². The second kappa shape index (κ2) is 5.71. The van der Waals surface area contributed by atoms with Crippen molar-refractivity contribution in [3.63, 3.8) is 0 Å². The molecule has 0 aromatic heterocycles. The summed E-state index contributed by atoms with van der Waals surface area (Å²) in [6, 6.07) is 4.85. The molecule has 0 saturated heterocycles. The number of nitro benzene ring substituents is 1. The summed E-state index contributed by atoms with van der Waals surface area (Å²) in [6.07, 6.45) is 5.73. The quantitative estimate of drug-likeness (QED) is 0.629. The number of anilines is 1. The van der Waals surface area contributed by atoms with Crippen LogP contribution in [0.25, 0.3) is 0 Å². The molecule has 0 radical (unpaired) electrons. The highest BCUT2D eigenvalue weighted by Gasteiger charge is 2.40. The van der Waals surface area contributed by atoms with Gasteiger partial charge in [0.2, 0.25) is 5.91 Å². The van der Waals surface area contributed by atoms with Crippen LogP contribution in [0.15, 0.2) is 18.2 Å². The topological polar surface area (TPSA) is 63.5 Å². The van der Waals surface area contributed by atoms with Crippen LogP contribution in [-0.4, -0.2) is 17.9 Å². The summed E-state index contributed by atoms with van der Waals surface area (Å²) in [5.41, 5.74) is 1.41. The van der Waals surface area contributed by atoms with E-state index in [1.54, 1.807) is 31.0 Å². The van der Waals surface area contributed by atoms with E-state index in [9.17, 15) is 14.9 Å². The number of carbonyl (C=O) groups excluding carboxylic acids is 1. The van der Waals surface area contributed by atoms with E-state index < -0.39 is 4.92 Å². The largest absolute Gasteiger partial charge is 0.315 e. The molecule has 3 rings (SSSR count). The van der Waals surface area contributed by atoms with Crippen molar-refractivity contribution in [1.29, 1.82) is 0 Å². The van der Waals surface area contributed by atoms with Gasteiger partial charge in [-0.1, -0.05) is 6.42 Å². The van der Waals surface area contributed by atoms with Crippen LogP contribution in [0.2, 0.25) is 0 Å². The third-order valence-electron chi connectivity index (χ3n) is 5.46. The maximum atomic E-state index is 12.5. The van der Waals surface area contributed by atoms with Gasteiger partial charge in [-0.25, -0.2) is 0 Å². The van der Waals surface area contributed by atoms with Crippen LogP contribution in [-0.2, 0) is 4.79 Å².